The Hall–Kier alpha value is -1.55. The fourth-order valence-corrected chi connectivity index (χ4v) is 2.28. The van der Waals surface area contributed by atoms with E-state index in [2.05, 4.69) is 36.5 Å². The standard InChI is InChI=1S/C18H22ClNO2/c1-13-3-5-15(6-4-13)12-22-18-8-7-17(19)9-16(18)11-20-10-14(2)21/h3-9,14,20-21H,10-12H2,1-2H3/t14-/m1/s1. The second kappa shape index (κ2) is 8.18. The molecule has 2 aromatic rings. The highest BCUT2D eigenvalue weighted by atomic mass is 35.5. The Bertz CT molecular complexity index is 597. The Kier molecular flexibility index (Phi) is 6.25. The van der Waals surface area contributed by atoms with Gasteiger partial charge in [0.15, 0.2) is 0 Å². The molecule has 0 aliphatic rings. The monoisotopic (exact) mass is 319 g/mol. The zero-order chi connectivity index (χ0) is 15.9. The van der Waals surface area contributed by atoms with E-state index < -0.39 is 0 Å². The molecule has 0 heterocycles. The van der Waals surface area contributed by atoms with Gasteiger partial charge in [0.25, 0.3) is 0 Å². The van der Waals surface area contributed by atoms with Gasteiger partial charge in [0, 0.05) is 23.7 Å². The van der Waals surface area contributed by atoms with Crippen molar-refractivity contribution >= 4 is 11.6 Å². The lowest BCUT2D eigenvalue weighted by Crippen LogP contribution is -2.24. The molecular weight excluding hydrogens is 298 g/mol. The molecular formula is C18H22ClNO2. The second-order valence-corrected chi connectivity index (χ2v) is 5.94. The largest absolute Gasteiger partial charge is 0.489 e. The van der Waals surface area contributed by atoms with E-state index in [0.717, 1.165) is 16.9 Å². The number of hydrogen-bond acceptors (Lipinski definition) is 3. The molecule has 2 N–H and O–H groups in total. The third-order valence-electron chi connectivity index (χ3n) is 3.29. The van der Waals surface area contributed by atoms with Crippen LogP contribution in [-0.4, -0.2) is 17.8 Å². The van der Waals surface area contributed by atoms with Gasteiger partial charge in [-0.05, 0) is 37.6 Å². The predicted octanol–water partition coefficient (Wildman–Crippen LogP) is 3.70. The van der Waals surface area contributed by atoms with E-state index in [-0.39, 0.29) is 6.10 Å². The van der Waals surface area contributed by atoms with Gasteiger partial charge in [0.05, 0.1) is 6.10 Å². The normalized spacial score (nSPS) is 12.2. The summed E-state index contributed by atoms with van der Waals surface area (Å²) in [7, 11) is 0. The van der Waals surface area contributed by atoms with E-state index in [1.165, 1.54) is 5.56 Å². The van der Waals surface area contributed by atoms with Crippen molar-refractivity contribution in [3.05, 3.63) is 64.2 Å². The summed E-state index contributed by atoms with van der Waals surface area (Å²) >= 11 is 6.06. The molecule has 4 heteroatoms. The first-order chi connectivity index (χ1) is 10.5. The second-order valence-electron chi connectivity index (χ2n) is 5.51. The van der Waals surface area contributed by atoms with Crippen molar-refractivity contribution in [3.63, 3.8) is 0 Å². The number of aryl methyl sites for hydroxylation is 1. The number of halogens is 1. The maximum absolute atomic E-state index is 9.31. The minimum atomic E-state index is -0.379. The molecule has 3 nitrogen and oxygen atoms in total. The molecule has 0 saturated heterocycles. The first kappa shape index (κ1) is 16.8. The van der Waals surface area contributed by atoms with Crippen LogP contribution in [0.4, 0.5) is 0 Å². The average Bonchev–Trinajstić information content (AvgIpc) is 2.48. The van der Waals surface area contributed by atoms with E-state index in [1.54, 1.807) is 6.92 Å². The molecule has 0 amide bonds. The van der Waals surface area contributed by atoms with Gasteiger partial charge in [-0.1, -0.05) is 41.4 Å². The van der Waals surface area contributed by atoms with Gasteiger partial charge in [-0.25, -0.2) is 0 Å². The summed E-state index contributed by atoms with van der Waals surface area (Å²) in [6.45, 7) is 5.47. The number of nitrogens with one attached hydrogen (secondary N) is 1. The quantitative estimate of drug-likeness (QED) is 0.817. The molecule has 0 aliphatic carbocycles. The molecule has 0 aliphatic heterocycles. The number of rotatable bonds is 7. The highest BCUT2D eigenvalue weighted by molar-refractivity contribution is 6.30. The summed E-state index contributed by atoms with van der Waals surface area (Å²) in [5.41, 5.74) is 3.35. The van der Waals surface area contributed by atoms with Gasteiger partial charge < -0.3 is 15.2 Å². The smallest absolute Gasteiger partial charge is 0.124 e. The summed E-state index contributed by atoms with van der Waals surface area (Å²) in [5.74, 6) is 0.808. The number of benzene rings is 2. The van der Waals surface area contributed by atoms with Crippen LogP contribution in [0.15, 0.2) is 42.5 Å². The summed E-state index contributed by atoms with van der Waals surface area (Å²) < 4.78 is 5.91. The highest BCUT2D eigenvalue weighted by Crippen LogP contribution is 2.24. The van der Waals surface area contributed by atoms with Crippen LogP contribution in [0, 0.1) is 6.92 Å². The van der Waals surface area contributed by atoms with Gasteiger partial charge in [-0.15, -0.1) is 0 Å². The van der Waals surface area contributed by atoms with Gasteiger partial charge in [0.2, 0.25) is 0 Å². The van der Waals surface area contributed by atoms with Crippen molar-refractivity contribution < 1.29 is 9.84 Å². The summed E-state index contributed by atoms with van der Waals surface area (Å²) in [5, 5.41) is 13.2. The molecule has 2 aromatic carbocycles. The average molecular weight is 320 g/mol. The molecule has 0 unspecified atom stereocenters. The Morgan fingerprint density at radius 2 is 1.91 bits per heavy atom. The summed E-state index contributed by atoms with van der Waals surface area (Å²) in [6, 6.07) is 13.9. The fourth-order valence-electron chi connectivity index (χ4n) is 2.09. The Morgan fingerprint density at radius 1 is 1.18 bits per heavy atom. The maximum atomic E-state index is 9.31. The van der Waals surface area contributed by atoms with Crippen LogP contribution < -0.4 is 10.1 Å². The Labute approximate surface area is 136 Å². The first-order valence-corrected chi connectivity index (χ1v) is 7.78. The fraction of sp³-hybridized carbons (Fsp3) is 0.333. The molecule has 0 bridgehead atoms. The van der Waals surface area contributed by atoms with E-state index in [1.807, 2.05) is 18.2 Å². The van der Waals surface area contributed by atoms with Gasteiger partial charge in [-0.3, -0.25) is 0 Å². The lowest BCUT2D eigenvalue weighted by molar-refractivity contribution is 0.190. The van der Waals surface area contributed by atoms with Crippen LogP contribution in [0.5, 0.6) is 5.75 Å². The van der Waals surface area contributed by atoms with Gasteiger partial charge in [-0.2, -0.15) is 0 Å². The molecule has 0 radical (unpaired) electrons. The van der Waals surface area contributed by atoms with Crippen LogP contribution in [0.25, 0.3) is 0 Å². The number of hydrogen-bond donors (Lipinski definition) is 2. The van der Waals surface area contributed by atoms with Crippen LogP contribution in [0.3, 0.4) is 0 Å². The van der Waals surface area contributed by atoms with Crippen molar-refractivity contribution in [1.82, 2.24) is 5.32 Å². The molecule has 0 spiro atoms. The first-order valence-electron chi connectivity index (χ1n) is 7.40. The van der Waals surface area contributed by atoms with E-state index in [0.29, 0.717) is 24.7 Å². The molecule has 2 rings (SSSR count). The van der Waals surface area contributed by atoms with Crippen molar-refractivity contribution in [1.29, 1.82) is 0 Å². The van der Waals surface area contributed by atoms with Crippen LogP contribution in [-0.2, 0) is 13.2 Å². The predicted molar refractivity (Wildman–Crippen MR) is 90.4 cm³/mol. The summed E-state index contributed by atoms with van der Waals surface area (Å²) in [6.07, 6.45) is -0.379. The minimum absolute atomic E-state index is 0.379. The lowest BCUT2D eigenvalue weighted by Gasteiger charge is -2.13. The van der Waals surface area contributed by atoms with E-state index >= 15 is 0 Å². The van der Waals surface area contributed by atoms with Crippen molar-refractivity contribution in [2.45, 2.75) is 33.1 Å². The van der Waals surface area contributed by atoms with Crippen LogP contribution in [0.1, 0.15) is 23.6 Å². The zero-order valence-electron chi connectivity index (χ0n) is 13.0. The zero-order valence-corrected chi connectivity index (χ0v) is 13.7. The topological polar surface area (TPSA) is 41.5 Å². The Morgan fingerprint density at radius 3 is 2.59 bits per heavy atom. The number of aliphatic hydroxyl groups is 1. The number of ether oxygens (including phenoxy) is 1. The van der Waals surface area contributed by atoms with Crippen LogP contribution >= 0.6 is 11.6 Å². The maximum Gasteiger partial charge on any atom is 0.124 e. The van der Waals surface area contributed by atoms with Crippen molar-refractivity contribution in [2.75, 3.05) is 6.54 Å². The van der Waals surface area contributed by atoms with Crippen molar-refractivity contribution in [2.24, 2.45) is 0 Å². The van der Waals surface area contributed by atoms with Crippen LogP contribution in [0.2, 0.25) is 5.02 Å². The molecule has 118 valence electrons. The molecule has 0 fully saturated rings. The van der Waals surface area contributed by atoms with Crippen molar-refractivity contribution in [3.8, 4) is 5.75 Å². The molecule has 0 saturated carbocycles. The Balaban J connectivity index is 2.01. The van der Waals surface area contributed by atoms with Gasteiger partial charge >= 0.3 is 0 Å². The lowest BCUT2D eigenvalue weighted by atomic mass is 10.1. The van der Waals surface area contributed by atoms with Gasteiger partial charge in [0.1, 0.15) is 12.4 Å². The summed E-state index contributed by atoms with van der Waals surface area (Å²) in [4.78, 5) is 0. The third kappa shape index (κ3) is 5.34. The molecule has 1 atom stereocenters. The minimum Gasteiger partial charge on any atom is -0.489 e. The van der Waals surface area contributed by atoms with E-state index in [4.69, 9.17) is 16.3 Å². The number of aliphatic hydroxyl groups excluding tert-OH is 1. The third-order valence-corrected chi connectivity index (χ3v) is 3.53. The molecule has 0 aromatic heterocycles. The molecule has 22 heavy (non-hydrogen) atoms. The van der Waals surface area contributed by atoms with E-state index in [9.17, 15) is 5.11 Å². The SMILES string of the molecule is Cc1ccc(COc2ccc(Cl)cc2CNC[C@@H](C)O)cc1. The highest BCUT2D eigenvalue weighted by Gasteiger charge is 2.06.